The summed E-state index contributed by atoms with van der Waals surface area (Å²) in [5.74, 6) is 2.10. The van der Waals surface area contributed by atoms with Crippen LogP contribution >= 0.6 is 22.6 Å². The van der Waals surface area contributed by atoms with Crippen molar-refractivity contribution in [3.8, 4) is 11.6 Å². The van der Waals surface area contributed by atoms with Crippen LogP contribution in [0.2, 0.25) is 0 Å². The van der Waals surface area contributed by atoms with Gasteiger partial charge in [0.2, 0.25) is 0 Å². The van der Waals surface area contributed by atoms with Gasteiger partial charge in [-0.3, -0.25) is 0 Å². The van der Waals surface area contributed by atoms with Gasteiger partial charge in [-0.2, -0.15) is 0 Å². The number of hydrogen-bond donors (Lipinski definition) is 1. The van der Waals surface area contributed by atoms with E-state index in [0.29, 0.717) is 23.4 Å². The van der Waals surface area contributed by atoms with Crippen LogP contribution in [0, 0.1) is 10.5 Å². The molecule has 0 amide bonds. The van der Waals surface area contributed by atoms with Gasteiger partial charge in [0.05, 0.1) is 9.26 Å². The van der Waals surface area contributed by atoms with E-state index >= 15 is 0 Å². The Kier molecular flexibility index (Phi) is 3.82. The number of halogens is 1. The highest BCUT2D eigenvalue weighted by atomic mass is 127. The third-order valence-corrected chi connectivity index (χ3v) is 4.73. The van der Waals surface area contributed by atoms with Gasteiger partial charge < -0.3 is 5.73 Å². The Balaban J connectivity index is 2.05. The molecule has 0 atom stereocenters. The standard InChI is InChI=1S/C14H16IN5/c1-8-6-17-13(18-7-8)14-19-11(9-4-2-3-5-9)10(15)12(16)20-14/h6-7,9H,2-5H2,1H3,(H2,16,19,20). The molecule has 20 heavy (non-hydrogen) atoms. The fourth-order valence-electron chi connectivity index (χ4n) is 2.56. The van der Waals surface area contributed by atoms with Gasteiger partial charge in [-0.25, -0.2) is 19.9 Å². The summed E-state index contributed by atoms with van der Waals surface area (Å²) in [4.78, 5) is 17.6. The maximum atomic E-state index is 6.04. The number of nitrogens with zero attached hydrogens (tertiary/aromatic N) is 4. The van der Waals surface area contributed by atoms with E-state index < -0.39 is 0 Å². The minimum absolute atomic E-state index is 0.497. The Bertz CT molecular complexity index is 620. The third-order valence-electron chi connectivity index (χ3n) is 3.63. The summed E-state index contributed by atoms with van der Waals surface area (Å²) in [6.07, 6.45) is 8.44. The van der Waals surface area contributed by atoms with E-state index in [1.807, 2.05) is 6.92 Å². The smallest absolute Gasteiger partial charge is 0.200 e. The van der Waals surface area contributed by atoms with E-state index in [2.05, 4.69) is 37.5 Å². The van der Waals surface area contributed by atoms with Gasteiger partial charge in [0.1, 0.15) is 5.82 Å². The molecule has 2 N–H and O–H groups in total. The van der Waals surface area contributed by atoms with Gasteiger partial charge in [0.15, 0.2) is 11.6 Å². The molecule has 2 heterocycles. The first kappa shape index (κ1) is 13.7. The first-order chi connectivity index (χ1) is 9.65. The second-order valence-corrected chi connectivity index (χ2v) is 6.28. The second kappa shape index (κ2) is 5.59. The van der Waals surface area contributed by atoms with Crippen molar-refractivity contribution in [3.63, 3.8) is 0 Å². The zero-order chi connectivity index (χ0) is 14.1. The van der Waals surface area contributed by atoms with Crippen LogP contribution < -0.4 is 5.73 Å². The molecular weight excluding hydrogens is 365 g/mol. The average molecular weight is 381 g/mol. The van der Waals surface area contributed by atoms with Gasteiger partial charge in [0.25, 0.3) is 0 Å². The zero-order valence-corrected chi connectivity index (χ0v) is 13.5. The van der Waals surface area contributed by atoms with Gasteiger partial charge in [-0.15, -0.1) is 0 Å². The van der Waals surface area contributed by atoms with Crippen LogP contribution in [0.4, 0.5) is 5.82 Å². The molecule has 0 unspecified atom stereocenters. The summed E-state index contributed by atoms with van der Waals surface area (Å²) in [5, 5.41) is 0. The van der Waals surface area contributed by atoms with Crippen molar-refractivity contribution in [1.82, 2.24) is 19.9 Å². The summed E-state index contributed by atoms with van der Waals surface area (Å²) < 4.78 is 0.977. The number of nitrogen functional groups attached to an aromatic ring is 1. The Morgan fingerprint density at radius 3 is 2.40 bits per heavy atom. The highest BCUT2D eigenvalue weighted by Gasteiger charge is 2.24. The van der Waals surface area contributed by atoms with Crippen molar-refractivity contribution in [1.29, 1.82) is 0 Å². The molecule has 1 aliphatic rings. The number of hydrogen-bond acceptors (Lipinski definition) is 5. The van der Waals surface area contributed by atoms with Gasteiger partial charge in [-0.1, -0.05) is 12.8 Å². The molecule has 0 bridgehead atoms. The zero-order valence-electron chi connectivity index (χ0n) is 11.3. The second-order valence-electron chi connectivity index (χ2n) is 5.20. The van der Waals surface area contributed by atoms with E-state index in [1.54, 1.807) is 12.4 Å². The Hall–Kier alpha value is -1.31. The average Bonchev–Trinajstić information content (AvgIpc) is 2.96. The highest BCUT2D eigenvalue weighted by Crippen LogP contribution is 2.37. The van der Waals surface area contributed by atoms with E-state index in [-0.39, 0.29) is 0 Å². The van der Waals surface area contributed by atoms with Crippen LogP contribution in [0.1, 0.15) is 42.9 Å². The van der Waals surface area contributed by atoms with Crippen LogP contribution in [0.15, 0.2) is 12.4 Å². The Labute approximate surface area is 131 Å². The Morgan fingerprint density at radius 1 is 1.10 bits per heavy atom. The predicted octanol–water partition coefficient (Wildman–Crippen LogP) is 3.09. The van der Waals surface area contributed by atoms with Crippen molar-refractivity contribution in [3.05, 3.63) is 27.2 Å². The number of anilines is 1. The van der Waals surface area contributed by atoms with Gasteiger partial charge in [-0.05, 0) is 47.9 Å². The summed E-state index contributed by atoms with van der Waals surface area (Å²) in [7, 11) is 0. The molecule has 2 aromatic rings. The molecule has 1 saturated carbocycles. The summed E-state index contributed by atoms with van der Waals surface area (Å²) >= 11 is 2.25. The van der Waals surface area contributed by atoms with Crippen molar-refractivity contribution >= 4 is 28.4 Å². The highest BCUT2D eigenvalue weighted by molar-refractivity contribution is 14.1. The lowest BCUT2D eigenvalue weighted by molar-refractivity contribution is 0.690. The first-order valence-corrected chi connectivity index (χ1v) is 7.85. The summed E-state index contributed by atoms with van der Waals surface area (Å²) in [6.45, 7) is 1.96. The molecule has 104 valence electrons. The number of aromatic nitrogens is 4. The lowest BCUT2D eigenvalue weighted by Crippen LogP contribution is -2.09. The Morgan fingerprint density at radius 2 is 1.75 bits per heavy atom. The molecule has 1 fully saturated rings. The van der Waals surface area contributed by atoms with Crippen LogP contribution in [-0.2, 0) is 0 Å². The van der Waals surface area contributed by atoms with E-state index in [9.17, 15) is 0 Å². The largest absolute Gasteiger partial charge is 0.383 e. The molecule has 0 spiro atoms. The molecule has 0 saturated heterocycles. The first-order valence-electron chi connectivity index (χ1n) is 6.77. The molecule has 1 aliphatic carbocycles. The molecule has 5 nitrogen and oxygen atoms in total. The lowest BCUT2D eigenvalue weighted by atomic mass is 10.0. The summed E-state index contributed by atoms with van der Waals surface area (Å²) in [6, 6.07) is 0. The number of aryl methyl sites for hydroxylation is 1. The van der Waals surface area contributed by atoms with Crippen molar-refractivity contribution in [2.75, 3.05) is 5.73 Å². The van der Waals surface area contributed by atoms with Crippen LogP contribution in [0.25, 0.3) is 11.6 Å². The molecule has 3 rings (SSSR count). The summed E-state index contributed by atoms with van der Waals surface area (Å²) in [5.41, 5.74) is 8.12. The predicted molar refractivity (Wildman–Crippen MR) is 86.1 cm³/mol. The van der Waals surface area contributed by atoms with Gasteiger partial charge in [0, 0.05) is 18.3 Å². The lowest BCUT2D eigenvalue weighted by Gasteiger charge is -2.13. The van der Waals surface area contributed by atoms with Crippen molar-refractivity contribution < 1.29 is 0 Å². The van der Waals surface area contributed by atoms with E-state index in [1.165, 1.54) is 25.7 Å². The number of rotatable bonds is 2. The monoisotopic (exact) mass is 381 g/mol. The minimum atomic E-state index is 0.497. The fourth-order valence-corrected chi connectivity index (χ4v) is 3.24. The molecule has 0 aliphatic heterocycles. The third kappa shape index (κ3) is 2.61. The quantitative estimate of drug-likeness (QED) is 0.809. The molecule has 0 aromatic carbocycles. The van der Waals surface area contributed by atoms with Crippen LogP contribution in [-0.4, -0.2) is 19.9 Å². The van der Waals surface area contributed by atoms with Crippen molar-refractivity contribution in [2.24, 2.45) is 0 Å². The van der Waals surface area contributed by atoms with E-state index in [0.717, 1.165) is 14.8 Å². The number of nitrogens with two attached hydrogens (primary N) is 1. The SMILES string of the molecule is Cc1cnc(-c2nc(N)c(I)c(C3CCCC3)n2)nc1. The normalized spacial score (nSPS) is 15.7. The van der Waals surface area contributed by atoms with Crippen LogP contribution in [0.3, 0.4) is 0 Å². The van der Waals surface area contributed by atoms with E-state index in [4.69, 9.17) is 10.7 Å². The maximum absolute atomic E-state index is 6.04. The van der Waals surface area contributed by atoms with Crippen molar-refractivity contribution in [2.45, 2.75) is 38.5 Å². The molecule has 0 radical (unpaired) electrons. The molecule has 2 aromatic heterocycles. The van der Waals surface area contributed by atoms with Crippen LogP contribution in [0.5, 0.6) is 0 Å². The molecule has 6 heteroatoms. The molecular formula is C14H16IN5. The minimum Gasteiger partial charge on any atom is -0.383 e. The van der Waals surface area contributed by atoms with Gasteiger partial charge >= 0.3 is 0 Å². The maximum Gasteiger partial charge on any atom is 0.200 e. The topological polar surface area (TPSA) is 77.6 Å². The fraction of sp³-hybridized carbons (Fsp3) is 0.429.